The van der Waals surface area contributed by atoms with Gasteiger partial charge in [-0.3, -0.25) is 14.4 Å². The van der Waals surface area contributed by atoms with Gasteiger partial charge in [-0.15, -0.1) is 0 Å². The van der Waals surface area contributed by atoms with Crippen molar-refractivity contribution in [2.75, 3.05) is 13.1 Å². The van der Waals surface area contributed by atoms with Crippen LogP contribution in [0.2, 0.25) is 0 Å². The third-order valence-corrected chi connectivity index (χ3v) is 3.83. The molecule has 1 aliphatic heterocycles. The number of hydrogen-bond acceptors (Lipinski definition) is 4. The Bertz CT molecular complexity index is 660. The highest BCUT2D eigenvalue weighted by Crippen LogP contribution is 2.22. The zero-order chi connectivity index (χ0) is 14.1. The number of rotatable bonds is 3. The van der Waals surface area contributed by atoms with E-state index in [2.05, 4.69) is 28.2 Å². The van der Waals surface area contributed by atoms with Gasteiger partial charge < -0.3 is 0 Å². The van der Waals surface area contributed by atoms with Crippen LogP contribution in [0.5, 0.6) is 0 Å². The van der Waals surface area contributed by atoms with Gasteiger partial charge in [0.05, 0.1) is 12.2 Å². The van der Waals surface area contributed by atoms with Gasteiger partial charge in [-0.1, -0.05) is 0 Å². The first kappa shape index (κ1) is 13.1. The minimum absolute atomic E-state index is 0.00844. The van der Waals surface area contributed by atoms with E-state index < -0.39 is 0 Å². The predicted molar refractivity (Wildman–Crippen MR) is 75.4 cm³/mol. The lowest BCUT2D eigenvalue weighted by Gasteiger charge is -2.16. The van der Waals surface area contributed by atoms with Crippen molar-refractivity contribution in [2.45, 2.75) is 25.9 Å². The van der Waals surface area contributed by atoms with Crippen LogP contribution in [0, 0.1) is 6.92 Å². The maximum Gasteiger partial charge on any atom is 0.270 e. The van der Waals surface area contributed by atoms with Crippen LogP contribution in [-0.4, -0.2) is 37.6 Å². The molecule has 20 heavy (non-hydrogen) atoms. The normalized spacial score (nSPS) is 19.6. The molecule has 1 saturated heterocycles. The summed E-state index contributed by atoms with van der Waals surface area (Å²) in [5.74, 6) is 0. The van der Waals surface area contributed by atoms with Gasteiger partial charge in [-0.2, -0.15) is 10.2 Å². The average molecular weight is 273 g/mol. The van der Waals surface area contributed by atoms with Crippen molar-refractivity contribution in [3.8, 4) is 0 Å². The molecule has 1 fully saturated rings. The molecule has 0 saturated carbocycles. The molecule has 0 aliphatic carbocycles. The lowest BCUT2D eigenvalue weighted by atomic mass is 10.2. The number of aromatic nitrogens is 4. The largest absolute Gasteiger partial charge is 0.297 e. The Hall–Kier alpha value is -1.95. The predicted octanol–water partition coefficient (Wildman–Crippen LogP) is 0.732. The molecule has 0 bridgehead atoms. The molecule has 2 aromatic rings. The standard InChI is InChI=1S/C14H19N5O/c1-11-7-16-19(8-11)13-4-6-18(10-13)9-12-3-5-15-17(2)14(12)20/h3,5,7-8,13H,4,6,9-10H2,1-2H3. The SMILES string of the molecule is Cc1cnn(C2CCN(Cc3ccnn(C)c3=O)C2)c1. The van der Waals surface area contributed by atoms with Crippen molar-refractivity contribution in [2.24, 2.45) is 7.05 Å². The van der Waals surface area contributed by atoms with Crippen molar-refractivity contribution in [1.82, 2.24) is 24.5 Å². The van der Waals surface area contributed by atoms with E-state index >= 15 is 0 Å². The second-order valence-electron chi connectivity index (χ2n) is 5.46. The molecule has 0 spiro atoms. The van der Waals surface area contributed by atoms with Gasteiger partial charge in [0.1, 0.15) is 0 Å². The highest BCUT2D eigenvalue weighted by Gasteiger charge is 2.24. The molecule has 1 atom stereocenters. The molecule has 0 amide bonds. The summed E-state index contributed by atoms with van der Waals surface area (Å²) >= 11 is 0. The van der Waals surface area contributed by atoms with E-state index in [-0.39, 0.29) is 5.56 Å². The van der Waals surface area contributed by atoms with Crippen LogP contribution >= 0.6 is 0 Å². The molecule has 1 aliphatic rings. The molecule has 1 unspecified atom stereocenters. The van der Waals surface area contributed by atoms with Crippen LogP contribution in [0.15, 0.2) is 29.5 Å². The highest BCUT2D eigenvalue weighted by atomic mass is 16.1. The van der Waals surface area contributed by atoms with Crippen LogP contribution in [0.1, 0.15) is 23.6 Å². The van der Waals surface area contributed by atoms with Gasteiger partial charge in [0, 0.05) is 44.6 Å². The van der Waals surface area contributed by atoms with Gasteiger partial charge >= 0.3 is 0 Å². The first-order valence-corrected chi connectivity index (χ1v) is 6.88. The van der Waals surface area contributed by atoms with Crippen molar-refractivity contribution in [3.63, 3.8) is 0 Å². The van der Waals surface area contributed by atoms with Gasteiger partial charge in [0.15, 0.2) is 0 Å². The first-order valence-electron chi connectivity index (χ1n) is 6.88. The van der Waals surface area contributed by atoms with E-state index in [1.165, 1.54) is 10.2 Å². The fraction of sp³-hybridized carbons (Fsp3) is 0.500. The van der Waals surface area contributed by atoms with E-state index in [0.29, 0.717) is 12.6 Å². The van der Waals surface area contributed by atoms with Crippen LogP contribution in [0.25, 0.3) is 0 Å². The minimum Gasteiger partial charge on any atom is -0.297 e. The zero-order valence-corrected chi connectivity index (χ0v) is 11.9. The smallest absolute Gasteiger partial charge is 0.270 e. The van der Waals surface area contributed by atoms with Crippen molar-refractivity contribution >= 4 is 0 Å². The van der Waals surface area contributed by atoms with Crippen LogP contribution < -0.4 is 5.56 Å². The number of aryl methyl sites for hydroxylation is 2. The number of nitrogens with zero attached hydrogens (tertiary/aromatic N) is 5. The van der Waals surface area contributed by atoms with Crippen molar-refractivity contribution in [1.29, 1.82) is 0 Å². The monoisotopic (exact) mass is 273 g/mol. The Kier molecular flexibility index (Phi) is 3.40. The molecule has 6 heteroatoms. The molecule has 3 rings (SSSR count). The molecule has 3 heterocycles. The fourth-order valence-electron chi connectivity index (χ4n) is 2.72. The molecular weight excluding hydrogens is 254 g/mol. The van der Waals surface area contributed by atoms with E-state index in [0.717, 1.165) is 25.1 Å². The molecular formula is C14H19N5O. The van der Waals surface area contributed by atoms with E-state index in [1.807, 2.05) is 16.9 Å². The summed E-state index contributed by atoms with van der Waals surface area (Å²) < 4.78 is 3.43. The third-order valence-electron chi connectivity index (χ3n) is 3.83. The summed E-state index contributed by atoms with van der Waals surface area (Å²) in [6.45, 7) is 4.67. The molecule has 6 nitrogen and oxygen atoms in total. The Morgan fingerprint density at radius 2 is 2.25 bits per heavy atom. The average Bonchev–Trinajstić information content (AvgIpc) is 3.04. The van der Waals surface area contributed by atoms with Crippen LogP contribution in [0.4, 0.5) is 0 Å². The van der Waals surface area contributed by atoms with Gasteiger partial charge in [-0.05, 0) is 25.0 Å². The van der Waals surface area contributed by atoms with E-state index in [4.69, 9.17) is 0 Å². The summed E-state index contributed by atoms with van der Waals surface area (Å²) in [6.07, 6.45) is 6.73. The molecule has 2 aromatic heterocycles. The second kappa shape index (κ2) is 5.20. The Morgan fingerprint density at radius 3 is 3.00 bits per heavy atom. The summed E-state index contributed by atoms with van der Waals surface area (Å²) in [6, 6.07) is 2.22. The van der Waals surface area contributed by atoms with Crippen LogP contribution in [0.3, 0.4) is 0 Å². The van der Waals surface area contributed by atoms with E-state index in [1.54, 1.807) is 13.2 Å². The summed E-state index contributed by atoms with van der Waals surface area (Å²) in [7, 11) is 1.69. The van der Waals surface area contributed by atoms with Gasteiger partial charge in [0.2, 0.25) is 0 Å². The third kappa shape index (κ3) is 2.51. The summed E-state index contributed by atoms with van der Waals surface area (Å²) in [5.41, 5.74) is 1.98. The van der Waals surface area contributed by atoms with Crippen molar-refractivity contribution in [3.05, 3.63) is 46.1 Å². The quantitative estimate of drug-likeness (QED) is 0.827. The molecule has 106 valence electrons. The Balaban J connectivity index is 1.69. The Labute approximate surface area is 117 Å². The molecule has 0 radical (unpaired) electrons. The van der Waals surface area contributed by atoms with Crippen LogP contribution in [-0.2, 0) is 13.6 Å². The van der Waals surface area contributed by atoms with Crippen molar-refractivity contribution < 1.29 is 0 Å². The topological polar surface area (TPSA) is 56.0 Å². The number of likely N-dealkylation sites (tertiary alicyclic amines) is 1. The highest BCUT2D eigenvalue weighted by molar-refractivity contribution is 5.07. The molecule has 0 N–H and O–H groups in total. The van der Waals surface area contributed by atoms with Gasteiger partial charge in [-0.25, -0.2) is 4.68 Å². The maximum atomic E-state index is 12.0. The minimum atomic E-state index is -0.00844. The lowest BCUT2D eigenvalue weighted by molar-refractivity contribution is 0.309. The summed E-state index contributed by atoms with van der Waals surface area (Å²) in [4.78, 5) is 14.3. The maximum absolute atomic E-state index is 12.0. The zero-order valence-electron chi connectivity index (χ0n) is 11.9. The number of hydrogen-bond donors (Lipinski definition) is 0. The van der Waals surface area contributed by atoms with E-state index in [9.17, 15) is 4.79 Å². The lowest BCUT2D eigenvalue weighted by Crippen LogP contribution is -2.29. The first-order chi connectivity index (χ1) is 9.63. The summed E-state index contributed by atoms with van der Waals surface area (Å²) in [5, 5.41) is 8.34. The second-order valence-corrected chi connectivity index (χ2v) is 5.46. The fourth-order valence-corrected chi connectivity index (χ4v) is 2.72. The Morgan fingerprint density at radius 1 is 1.40 bits per heavy atom. The van der Waals surface area contributed by atoms with Gasteiger partial charge in [0.25, 0.3) is 5.56 Å². The molecule has 0 aromatic carbocycles.